The molecule has 6 heteroatoms. The molecule has 3 N–H and O–H groups in total. The summed E-state index contributed by atoms with van der Waals surface area (Å²) in [6.45, 7) is 5.69. The second-order valence-corrected chi connectivity index (χ2v) is 4.16. The molecule has 1 aromatic heterocycles. The summed E-state index contributed by atoms with van der Waals surface area (Å²) in [5.74, 6) is 0.559. The van der Waals surface area contributed by atoms with Gasteiger partial charge in [0.1, 0.15) is 5.82 Å². The molecule has 0 fully saturated rings. The van der Waals surface area contributed by atoms with Crippen molar-refractivity contribution in [2.75, 3.05) is 24.5 Å². The van der Waals surface area contributed by atoms with E-state index in [1.165, 1.54) is 0 Å². The molecule has 5 nitrogen and oxygen atoms in total. The van der Waals surface area contributed by atoms with Gasteiger partial charge in [-0.25, -0.2) is 4.98 Å². The van der Waals surface area contributed by atoms with Crippen LogP contribution >= 0.6 is 11.6 Å². The van der Waals surface area contributed by atoms with Crippen molar-refractivity contribution in [2.45, 2.75) is 20.4 Å². The van der Waals surface area contributed by atoms with E-state index in [4.69, 9.17) is 17.3 Å². The van der Waals surface area contributed by atoms with E-state index in [-0.39, 0.29) is 12.5 Å². The van der Waals surface area contributed by atoms with Gasteiger partial charge in [0.2, 0.25) is 5.91 Å². The molecule has 1 heterocycles. The predicted molar refractivity (Wildman–Crippen MR) is 73.7 cm³/mol. The van der Waals surface area contributed by atoms with Crippen molar-refractivity contribution in [3.8, 4) is 0 Å². The number of nitrogens with zero attached hydrogens (tertiary/aromatic N) is 2. The minimum absolute atomic E-state index is 0.0460. The van der Waals surface area contributed by atoms with Crippen molar-refractivity contribution in [3.63, 3.8) is 0 Å². The zero-order chi connectivity index (χ0) is 13.5. The van der Waals surface area contributed by atoms with E-state index >= 15 is 0 Å². The number of anilines is 1. The summed E-state index contributed by atoms with van der Waals surface area (Å²) in [5, 5.41) is 3.27. The number of carbonyl (C=O) groups is 1. The molecule has 18 heavy (non-hydrogen) atoms. The van der Waals surface area contributed by atoms with Crippen LogP contribution < -0.4 is 16.0 Å². The van der Waals surface area contributed by atoms with Gasteiger partial charge in [-0.1, -0.05) is 11.6 Å². The van der Waals surface area contributed by atoms with Gasteiger partial charge in [-0.05, 0) is 25.5 Å². The van der Waals surface area contributed by atoms with Crippen LogP contribution in [0.15, 0.2) is 12.3 Å². The lowest BCUT2D eigenvalue weighted by molar-refractivity contribution is -0.119. The van der Waals surface area contributed by atoms with Gasteiger partial charge >= 0.3 is 0 Å². The maximum Gasteiger partial charge on any atom is 0.239 e. The maximum absolute atomic E-state index is 11.6. The Morgan fingerprint density at radius 1 is 1.56 bits per heavy atom. The minimum Gasteiger partial charge on any atom is -0.355 e. The molecule has 0 aliphatic heterocycles. The summed E-state index contributed by atoms with van der Waals surface area (Å²) >= 11 is 6.23. The van der Waals surface area contributed by atoms with Gasteiger partial charge in [0.15, 0.2) is 0 Å². The van der Waals surface area contributed by atoms with Crippen LogP contribution in [0.4, 0.5) is 5.82 Å². The third kappa shape index (κ3) is 3.58. The molecule has 0 aromatic carbocycles. The highest BCUT2D eigenvalue weighted by atomic mass is 35.5. The Morgan fingerprint density at radius 2 is 2.28 bits per heavy atom. The van der Waals surface area contributed by atoms with Gasteiger partial charge in [-0.15, -0.1) is 0 Å². The molecule has 0 radical (unpaired) electrons. The lowest BCUT2D eigenvalue weighted by Crippen LogP contribution is -2.37. The van der Waals surface area contributed by atoms with Crippen LogP contribution in [-0.2, 0) is 11.3 Å². The molecule has 0 bridgehead atoms. The number of nitrogens with two attached hydrogens (primary N) is 1. The first-order chi connectivity index (χ1) is 8.63. The van der Waals surface area contributed by atoms with Crippen LogP contribution in [0.2, 0.25) is 5.02 Å². The Kier molecular flexibility index (Phi) is 5.88. The number of hydrogen-bond donors (Lipinski definition) is 2. The molecule has 100 valence electrons. The Labute approximate surface area is 112 Å². The van der Waals surface area contributed by atoms with Crippen molar-refractivity contribution >= 4 is 23.3 Å². The monoisotopic (exact) mass is 270 g/mol. The number of hydrogen-bond acceptors (Lipinski definition) is 4. The number of likely N-dealkylation sites (N-methyl/N-ethyl adjacent to an activating group) is 2. The Hall–Kier alpha value is -1.33. The Morgan fingerprint density at radius 3 is 2.83 bits per heavy atom. The van der Waals surface area contributed by atoms with Crippen molar-refractivity contribution in [3.05, 3.63) is 22.8 Å². The Balaban J connectivity index is 2.91. The number of amides is 1. The van der Waals surface area contributed by atoms with Crippen LogP contribution in [-0.4, -0.2) is 30.5 Å². The molecular formula is C12H19ClN4O. The van der Waals surface area contributed by atoms with Gasteiger partial charge in [0, 0.05) is 25.8 Å². The van der Waals surface area contributed by atoms with E-state index < -0.39 is 0 Å². The number of pyridine rings is 1. The minimum atomic E-state index is -0.0460. The highest BCUT2D eigenvalue weighted by molar-refractivity contribution is 6.33. The quantitative estimate of drug-likeness (QED) is 0.814. The molecular weight excluding hydrogens is 252 g/mol. The summed E-state index contributed by atoms with van der Waals surface area (Å²) in [7, 11) is 0. The van der Waals surface area contributed by atoms with Gasteiger partial charge in [0.25, 0.3) is 0 Å². The molecule has 0 aliphatic rings. The molecule has 1 rings (SSSR count). The van der Waals surface area contributed by atoms with Crippen LogP contribution in [0.5, 0.6) is 0 Å². The molecule has 0 saturated heterocycles. The molecule has 1 aromatic rings. The van der Waals surface area contributed by atoms with Gasteiger partial charge in [-0.3, -0.25) is 4.79 Å². The fourth-order valence-electron chi connectivity index (χ4n) is 1.61. The number of halogens is 1. The second kappa shape index (κ2) is 7.18. The zero-order valence-corrected chi connectivity index (χ0v) is 11.5. The van der Waals surface area contributed by atoms with Crippen molar-refractivity contribution in [1.29, 1.82) is 0 Å². The molecule has 0 unspecified atom stereocenters. The third-order valence-electron chi connectivity index (χ3n) is 2.56. The van der Waals surface area contributed by atoms with Crippen molar-refractivity contribution in [2.24, 2.45) is 5.73 Å². The Bertz CT molecular complexity index is 411. The van der Waals surface area contributed by atoms with Gasteiger partial charge in [0.05, 0.1) is 11.6 Å². The average molecular weight is 271 g/mol. The smallest absolute Gasteiger partial charge is 0.239 e. The fraction of sp³-hybridized carbons (Fsp3) is 0.500. The molecule has 0 atom stereocenters. The van der Waals surface area contributed by atoms with Crippen LogP contribution in [0.3, 0.4) is 0 Å². The van der Waals surface area contributed by atoms with Crippen LogP contribution in [0.1, 0.15) is 19.4 Å². The van der Waals surface area contributed by atoms with Crippen LogP contribution in [0, 0.1) is 0 Å². The van der Waals surface area contributed by atoms with Gasteiger partial charge in [-0.2, -0.15) is 0 Å². The highest BCUT2D eigenvalue weighted by Crippen LogP contribution is 2.26. The number of aromatic nitrogens is 1. The lowest BCUT2D eigenvalue weighted by Gasteiger charge is -2.23. The van der Waals surface area contributed by atoms with Crippen molar-refractivity contribution < 1.29 is 4.79 Å². The molecule has 0 spiro atoms. The SMILES string of the molecule is CCNC(=O)CN(CC)c1nccc(CN)c1Cl. The molecule has 1 amide bonds. The van der Waals surface area contributed by atoms with E-state index in [1.807, 2.05) is 18.7 Å². The largest absolute Gasteiger partial charge is 0.355 e. The number of rotatable bonds is 6. The molecule has 0 aliphatic carbocycles. The van der Waals surface area contributed by atoms with Gasteiger partial charge < -0.3 is 16.0 Å². The average Bonchev–Trinajstić information content (AvgIpc) is 2.37. The van der Waals surface area contributed by atoms with E-state index in [0.717, 1.165) is 5.56 Å². The summed E-state index contributed by atoms with van der Waals surface area (Å²) in [4.78, 5) is 17.7. The first kappa shape index (κ1) is 14.7. The molecule has 0 saturated carbocycles. The second-order valence-electron chi connectivity index (χ2n) is 3.78. The predicted octanol–water partition coefficient (Wildman–Crippen LogP) is 1.16. The van der Waals surface area contributed by atoms with E-state index in [2.05, 4.69) is 10.3 Å². The topological polar surface area (TPSA) is 71.2 Å². The third-order valence-corrected chi connectivity index (χ3v) is 2.97. The normalized spacial score (nSPS) is 10.2. The first-order valence-electron chi connectivity index (χ1n) is 5.99. The number of nitrogens with one attached hydrogen (secondary N) is 1. The van der Waals surface area contributed by atoms with Crippen molar-refractivity contribution in [1.82, 2.24) is 10.3 Å². The zero-order valence-electron chi connectivity index (χ0n) is 10.7. The van der Waals surface area contributed by atoms with Crippen LogP contribution in [0.25, 0.3) is 0 Å². The standard InChI is InChI=1S/C12H19ClN4O/c1-3-15-10(18)8-17(4-2)12-11(13)9(7-14)5-6-16-12/h5-6H,3-4,7-8,14H2,1-2H3,(H,15,18). The van der Waals surface area contributed by atoms with E-state index in [0.29, 0.717) is 30.5 Å². The summed E-state index contributed by atoms with van der Waals surface area (Å²) < 4.78 is 0. The van der Waals surface area contributed by atoms with E-state index in [1.54, 1.807) is 12.3 Å². The maximum atomic E-state index is 11.6. The first-order valence-corrected chi connectivity index (χ1v) is 6.36. The summed E-state index contributed by atoms with van der Waals surface area (Å²) in [6.07, 6.45) is 1.66. The summed E-state index contributed by atoms with van der Waals surface area (Å²) in [6, 6.07) is 1.78. The lowest BCUT2D eigenvalue weighted by atomic mass is 10.2. The fourth-order valence-corrected chi connectivity index (χ4v) is 1.92. The van der Waals surface area contributed by atoms with E-state index in [9.17, 15) is 4.79 Å². The summed E-state index contributed by atoms with van der Waals surface area (Å²) in [5.41, 5.74) is 6.43. The number of carbonyl (C=O) groups excluding carboxylic acids is 1. The highest BCUT2D eigenvalue weighted by Gasteiger charge is 2.15.